The maximum Gasteiger partial charge on any atom is 0.358 e. The Hall–Kier alpha value is -2.74. The van der Waals surface area contributed by atoms with Crippen molar-refractivity contribution in [2.75, 3.05) is 13.1 Å². The van der Waals surface area contributed by atoms with Gasteiger partial charge in [-0.15, -0.1) is 11.3 Å². The molecule has 0 spiro atoms. The molecule has 3 amide bonds. The molecule has 0 bridgehead atoms. The van der Waals surface area contributed by atoms with Gasteiger partial charge in [-0.05, 0) is 18.9 Å². The van der Waals surface area contributed by atoms with E-state index in [4.69, 9.17) is 4.74 Å². The molecule has 1 aliphatic heterocycles. The highest BCUT2D eigenvalue weighted by molar-refractivity contribution is 7.13. The van der Waals surface area contributed by atoms with Crippen molar-refractivity contribution < 1.29 is 19.1 Å². The van der Waals surface area contributed by atoms with Crippen LogP contribution in [0.4, 0.5) is 4.79 Å². The number of nitrogens with zero attached hydrogens (tertiary/aromatic N) is 2. The Balaban J connectivity index is 1.65. The lowest BCUT2D eigenvalue weighted by Crippen LogP contribution is -2.41. The molecule has 1 fully saturated rings. The Morgan fingerprint density at radius 1 is 1.35 bits per heavy atom. The summed E-state index contributed by atoms with van der Waals surface area (Å²) in [5, 5.41) is 4.84. The van der Waals surface area contributed by atoms with E-state index in [-0.39, 0.29) is 12.2 Å². The third kappa shape index (κ3) is 3.75. The minimum atomic E-state index is -1.06. The summed E-state index contributed by atoms with van der Waals surface area (Å²) < 4.78 is 5.18. The van der Waals surface area contributed by atoms with Crippen molar-refractivity contribution in [2.24, 2.45) is 0 Å². The van der Waals surface area contributed by atoms with Crippen LogP contribution in [-0.4, -0.2) is 47.0 Å². The van der Waals surface area contributed by atoms with E-state index in [2.05, 4.69) is 17.2 Å². The third-order valence-corrected chi connectivity index (χ3v) is 4.97. The molecule has 7 nitrogen and oxygen atoms in total. The highest BCUT2D eigenvalue weighted by atomic mass is 32.1. The summed E-state index contributed by atoms with van der Waals surface area (Å²) in [7, 11) is 0. The van der Waals surface area contributed by atoms with E-state index in [0.717, 1.165) is 16.9 Å². The number of carbonyl (C=O) groups is 3. The molecule has 0 radical (unpaired) electrons. The Morgan fingerprint density at radius 3 is 2.69 bits per heavy atom. The van der Waals surface area contributed by atoms with Gasteiger partial charge in [0, 0.05) is 24.0 Å². The van der Waals surface area contributed by atoms with E-state index < -0.39 is 24.0 Å². The van der Waals surface area contributed by atoms with E-state index in [0.29, 0.717) is 11.6 Å². The van der Waals surface area contributed by atoms with E-state index in [1.54, 1.807) is 5.38 Å². The van der Waals surface area contributed by atoms with E-state index in [9.17, 15) is 14.4 Å². The number of thiazole rings is 1. The predicted octanol–water partition coefficient (Wildman–Crippen LogP) is 2.47. The first-order valence-corrected chi connectivity index (χ1v) is 9.22. The van der Waals surface area contributed by atoms with Gasteiger partial charge in [0.05, 0.1) is 0 Å². The molecule has 1 aromatic carbocycles. The topological polar surface area (TPSA) is 88.6 Å². The second kappa shape index (κ2) is 7.65. The van der Waals surface area contributed by atoms with Crippen LogP contribution in [0.15, 0.2) is 29.6 Å². The van der Waals surface area contributed by atoms with Crippen LogP contribution in [0.3, 0.4) is 0 Å². The summed E-state index contributed by atoms with van der Waals surface area (Å²) in [4.78, 5) is 41.3. The molecule has 1 saturated heterocycles. The standard InChI is InChI=1S/C18H19N3O4S/c1-3-12-4-6-13(7-5-12)15-20-14(10-26-15)17(23)25-11(2)16(22)21-9-8-19-18(21)24/h4-7,10-11H,3,8-9H2,1-2H3,(H,19,24). The van der Waals surface area contributed by atoms with Gasteiger partial charge in [-0.2, -0.15) is 0 Å². The Morgan fingerprint density at radius 2 is 2.08 bits per heavy atom. The fourth-order valence-electron chi connectivity index (χ4n) is 2.56. The van der Waals surface area contributed by atoms with Gasteiger partial charge in [-0.25, -0.2) is 14.6 Å². The molecule has 1 N–H and O–H groups in total. The van der Waals surface area contributed by atoms with Gasteiger partial charge in [-0.3, -0.25) is 9.69 Å². The van der Waals surface area contributed by atoms with Crippen LogP contribution in [0.2, 0.25) is 0 Å². The van der Waals surface area contributed by atoms with Gasteiger partial charge in [0.15, 0.2) is 11.8 Å². The average Bonchev–Trinajstić information content (AvgIpc) is 3.30. The number of ether oxygens (including phenoxy) is 1. The van der Waals surface area contributed by atoms with E-state index in [1.165, 1.54) is 23.8 Å². The summed E-state index contributed by atoms with van der Waals surface area (Å²) in [6.07, 6.45) is -0.100. The lowest BCUT2D eigenvalue weighted by atomic mass is 10.1. The molecular weight excluding hydrogens is 354 g/mol. The van der Waals surface area contributed by atoms with E-state index >= 15 is 0 Å². The molecule has 3 rings (SSSR count). The van der Waals surface area contributed by atoms with Crippen molar-refractivity contribution in [2.45, 2.75) is 26.4 Å². The summed E-state index contributed by atoms with van der Waals surface area (Å²) in [6.45, 7) is 4.20. The molecule has 1 aliphatic rings. The molecule has 1 aromatic heterocycles. The van der Waals surface area contributed by atoms with Crippen LogP contribution in [-0.2, 0) is 16.0 Å². The number of aromatic nitrogens is 1. The molecule has 26 heavy (non-hydrogen) atoms. The van der Waals surface area contributed by atoms with Gasteiger partial charge in [0.2, 0.25) is 0 Å². The molecule has 0 saturated carbocycles. The van der Waals surface area contributed by atoms with Crippen LogP contribution < -0.4 is 5.32 Å². The maximum absolute atomic E-state index is 12.3. The number of urea groups is 1. The van der Waals surface area contributed by atoms with E-state index in [1.807, 2.05) is 24.3 Å². The van der Waals surface area contributed by atoms with Crippen LogP contribution in [0.5, 0.6) is 0 Å². The molecule has 2 heterocycles. The number of benzene rings is 1. The fourth-order valence-corrected chi connectivity index (χ4v) is 3.35. The zero-order valence-corrected chi connectivity index (χ0v) is 15.3. The van der Waals surface area contributed by atoms with Crippen LogP contribution in [0, 0.1) is 0 Å². The number of rotatable bonds is 5. The van der Waals surface area contributed by atoms with Gasteiger partial charge in [-0.1, -0.05) is 31.2 Å². The second-order valence-corrected chi connectivity index (χ2v) is 6.72. The van der Waals surface area contributed by atoms with Crippen molar-refractivity contribution in [3.8, 4) is 10.6 Å². The normalized spacial score (nSPS) is 14.8. The molecule has 2 aromatic rings. The highest BCUT2D eigenvalue weighted by Crippen LogP contribution is 2.24. The zero-order chi connectivity index (χ0) is 18.7. The summed E-state index contributed by atoms with van der Waals surface area (Å²) in [5.41, 5.74) is 2.29. The lowest BCUT2D eigenvalue weighted by Gasteiger charge is -2.17. The Kier molecular flexibility index (Phi) is 5.32. The average molecular weight is 373 g/mol. The van der Waals surface area contributed by atoms with Gasteiger partial charge >= 0.3 is 12.0 Å². The molecule has 8 heteroatoms. The van der Waals surface area contributed by atoms with Gasteiger partial charge in [0.25, 0.3) is 5.91 Å². The first kappa shape index (κ1) is 18.1. The smallest absolute Gasteiger partial charge is 0.358 e. The van der Waals surface area contributed by atoms with Crippen molar-refractivity contribution in [3.05, 3.63) is 40.9 Å². The second-order valence-electron chi connectivity index (χ2n) is 5.86. The highest BCUT2D eigenvalue weighted by Gasteiger charge is 2.32. The number of esters is 1. The summed E-state index contributed by atoms with van der Waals surface area (Å²) >= 11 is 1.33. The first-order valence-electron chi connectivity index (χ1n) is 8.34. The van der Waals surface area contributed by atoms with Crippen LogP contribution >= 0.6 is 11.3 Å². The number of hydrogen-bond donors (Lipinski definition) is 1. The number of imide groups is 1. The lowest BCUT2D eigenvalue weighted by molar-refractivity contribution is -0.136. The Bertz CT molecular complexity index is 831. The quantitative estimate of drug-likeness (QED) is 0.814. The van der Waals surface area contributed by atoms with Crippen molar-refractivity contribution in [1.29, 1.82) is 0 Å². The van der Waals surface area contributed by atoms with Crippen LogP contribution in [0.25, 0.3) is 10.6 Å². The monoisotopic (exact) mass is 373 g/mol. The number of carbonyl (C=O) groups excluding carboxylic acids is 3. The molecule has 0 aliphatic carbocycles. The zero-order valence-electron chi connectivity index (χ0n) is 14.5. The largest absolute Gasteiger partial charge is 0.448 e. The summed E-state index contributed by atoms with van der Waals surface area (Å²) in [6, 6.07) is 7.51. The third-order valence-electron chi connectivity index (χ3n) is 4.08. The molecule has 1 atom stereocenters. The fraction of sp³-hybridized carbons (Fsp3) is 0.333. The van der Waals surface area contributed by atoms with Gasteiger partial charge in [0.1, 0.15) is 5.01 Å². The van der Waals surface area contributed by atoms with Crippen molar-refractivity contribution in [1.82, 2.24) is 15.2 Å². The van der Waals surface area contributed by atoms with Gasteiger partial charge < -0.3 is 10.1 Å². The van der Waals surface area contributed by atoms with Crippen LogP contribution in [0.1, 0.15) is 29.9 Å². The predicted molar refractivity (Wildman–Crippen MR) is 96.9 cm³/mol. The minimum Gasteiger partial charge on any atom is -0.448 e. The number of hydrogen-bond acceptors (Lipinski definition) is 6. The minimum absolute atomic E-state index is 0.148. The molecular formula is C18H19N3O4S. The molecule has 1 unspecified atom stereocenters. The Labute approximate surface area is 155 Å². The van der Waals surface area contributed by atoms with Crippen molar-refractivity contribution >= 4 is 29.2 Å². The number of nitrogens with one attached hydrogen (secondary N) is 1. The number of amides is 3. The maximum atomic E-state index is 12.3. The van der Waals surface area contributed by atoms with Crippen molar-refractivity contribution in [3.63, 3.8) is 0 Å². The molecule has 136 valence electrons. The summed E-state index contributed by atoms with van der Waals surface area (Å²) in [5.74, 6) is -1.22. The SMILES string of the molecule is CCc1ccc(-c2nc(C(=O)OC(C)C(=O)N3CCNC3=O)cs2)cc1. The first-order chi connectivity index (χ1) is 12.5. The number of aryl methyl sites for hydroxylation is 1.